The van der Waals surface area contributed by atoms with Gasteiger partial charge in [0.05, 0.1) is 12.7 Å². The Morgan fingerprint density at radius 3 is 2.85 bits per heavy atom. The quantitative estimate of drug-likeness (QED) is 0.401. The summed E-state index contributed by atoms with van der Waals surface area (Å²) in [5.74, 6) is 4.20. The van der Waals surface area contributed by atoms with Crippen LogP contribution in [0.1, 0.15) is 19.7 Å². The van der Waals surface area contributed by atoms with E-state index in [0.29, 0.717) is 23.6 Å². The summed E-state index contributed by atoms with van der Waals surface area (Å²) in [5.41, 5.74) is 1.04. The van der Waals surface area contributed by atoms with Gasteiger partial charge in [0.2, 0.25) is 5.89 Å². The van der Waals surface area contributed by atoms with Crippen molar-refractivity contribution in [2.24, 2.45) is 10.9 Å². The van der Waals surface area contributed by atoms with Crippen LogP contribution in [0.4, 0.5) is 0 Å². The molecule has 0 amide bonds. The number of guanidine groups is 1. The number of aromatic nitrogens is 1. The maximum Gasteiger partial charge on any atom is 0.214 e. The Balaban J connectivity index is 0.00000243. The zero-order chi connectivity index (χ0) is 17.6. The van der Waals surface area contributed by atoms with E-state index in [4.69, 9.17) is 4.42 Å². The van der Waals surface area contributed by atoms with Crippen LogP contribution in [0.5, 0.6) is 0 Å². The van der Waals surface area contributed by atoms with Gasteiger partial charge in [-0.1, -0.05) is 44.2 Å². The predicted octanol–water partition coefficient (Wildman–Crippen LogP) is 4.11. The number of hydrogen-bond donors (Lipinski definition) is 1. The lowest BCUT2D eigenvalue weighted by atomic mass is 10.1. The Kier molecular flexibility index (Phi) is 8.27. The molecule has 1 aromatic heterocycles. The second-order valence-electron chi connectivity index (χ2n) is 6.48. The fourth-order valence-electron chi connectivity index (χ4n) is 2.89. The average Bonchev–Trinajstić information content (AvgIpc) is 3.12. The fourth-order valence-corrected chi connectivity index (χ4v) is 4.18. The molecule has 0 saturated carbocycles. The topological polar surface area (TPSA) is 53.7 Å². The van der Waals surface area contributed by atoms with Crippen LogP contribution in [0, 0.1) is 5.92 Å². The third-order valence-corrected chi connectivity index (χ3v) is 5.90. The molecule has 0 spiro atoms. The number of benzene rings is 1. The van der Waals surface area contributed by atoms with Crippen molar-refractivity contribution in [3.05, 3.63) is 42.4 Å². The van der Waals surface area contributed by atoms with Crippen LogP contribution in [-0.4, -0.2) is 47.0 Å². The number of oxazole rings is 1. The normalized spacial score (nSPS) is 17.9. The van der Waals surface area contributed by atoms with Crippen LogP contribution in [-0.2, 0) is 6.54 Å². The molecule has 1 aliphatic rings. The summed E-state index contributed by atoms with van der Waals surface area (Å²) >= 11 is 2.06. The molecule has 2 heterocycles. The predicted molar refractivity (Wildman–Crippen MR) is 120 cm³/mol. The van der Waals surface area contributed by atoms with Gasteiger partial charge >= 0.3 is 0 Å². The second kappa shape index (κ2) is 10.2. The van der Waals surface area contributed by atoms with Gasteiger partial charge in [-0.25, -0.2) is 4.98 Å². The van der Waals surface area contributed by atoms with Gasteiger partial charge in [0.25, 0.3) is 0 Å². The molecule has 1 N–H and O–H groups in total. The lowest BCUT2D eigenvalue weighted by Gasteiger charge is -2.36. The minimum Gasteiger partial charge on any atom is -0.439 e. The molecular weight excluding hydrogens is 459 g/mol. The molecule has 7 heteroatoms. The molecule has 1 atom stereocenters. The molecule has 2 aromatic rings. The monoisotopic (exact) mass is 486 g/mol. The molecule has 1 saturated heterocycles. The fraction of sp³-hybridized carbons (Fsp3) is 0.474. The van der Waals surface area contributed by atoms with E-state index < -0.39 is 0 Å². The van der Waals surface area contributed by atoms with E-state index in [9.17, 15) is 0 Å². The average molecular weight is 486 g/mol. The van der Waals surface area contributed by atoms with Gasteiger partial charge in [-0.15, -0.1) is 24.0 Å². The number of nitrogens with one attached hydrogen (secondary N) is 1. The van der Waals surface area contributed by atoms with Gasteiger partial charge < -0.3 is 14.6 Å². The zero-order valence-corrected chi connectivity index (χ0v) is 18.7. The number of hydrogen-bond acceptors (Lipinski definition) is 4. The van der Waals surface area contributed by atoms with Crippen molar-refractivity contribution < 1.29 is 4.42 Å². The van der Waals surface area contributed by atoms with Crippen molar-refractivity contribution in [3.8, 4) is 11.3 Å². The van der Waals surface area contributed by atoms with E-state index in [2.05, 4.69) is 45.8 Å². The first kappa shape index (κ1) is 21.1. The van der Waals surface area contributed by atoms with Crippen molar-refractivity contribution >= 4 is 41.7 Å². The summed E-state index contributed by atoms with van der Waals surface area (Å²) in [6, 6.07) is 10.0. The maximum atomic E-state index is 5.86. The van der Waals surface area contributed by atoms with Crippen LogP contribution < -0.4 is 5.32 Å². The van der Waals surface area contributed by atoms with E-state index >= 15 is 0 Å². The third-order valence-electron chi connectivity index (χ3n) is 4.36. The van der Waals surface area contributed by atoms with E-state index in [0.717, 1.165) is 36.1 Å². The minimum absolute atomic E-state index is 0. The summed E-state index contributed by atoms with van der Waals surface area (Å²) < 4.78 is 5.86. The number of thioether (sulfide) groups is 1. The third kappa shape index (κ3) is 5.39. The van der Waals surface area contributed by atoms with E-state index in [1.807, 2.05) is 37.4 Å². The first-order valence-electron chi connectivity index (χ1n) is 8.74. The summed E-state index contributed by atoms with van der Waals surface area (Å²) in [6.45, 7) is 7.16. The van der Waals surface area contributed by atoms with Crippen LogP contribution in [0.2, 0.25) is 0 Å². The number of aliphatic imine (C=N–C) groups is 1. The smallest absolute Gasteiger partial charge is 0.214 e. The number of rotatable bonds is 4. The molecule has 0 radical (unpaired) electrons. The number of halogens is 1. The highest BCUT2D eigenvalue weighted by atomic mass is 127. The van der Waals surface area contributed by atoms with Crippen LogP contribution >= 0.6 is 35.7 Å². The molecule has 142 valence electrons. The SMILES string of the molecule is CN=C(NCc1ncc(-c2ccccc2)o1)N1CCSC(C(C)C)C1.I. The van der Waals surface area contributed by atoms with Gasteiger partial charge in [0, 0.05) is 36.7 Å². The van der Waals surface area contributed by atoms with Crippen molar-refractivity contribution in [3.63, 3.8) is 0 Å². The van der Waals surface area contributed by atoms with Crippen LogP contribution in [0.15, 0.2) is 45.9 Å². The Labute approximate surface area is 177 Å². The highest BCUT2D eigenvalue weighted by Crippen LogP contribution is 2.25. The molecule has 0 aliphatic carbocycles. The highest BCUT2D eigenvalue weighted by molar-refractivity contribution is 14.0. The van der Waals surface area contributed by atoms with Crippen molar-refractivity contribution in [2.75, 3.05) is 25.9 Å². The first-order chi connectivity index (χ1) is 12.2. The van der Waals surface area contributed by atoms with Crippen LogP contribution in [0.3, 0.4) is 0 Å². The lowest BCUT2D eigenvalue weighted by Crippen LogP contribution is -2.48. The van der Waals surface area contributed by atoms with Crippen molar-refractivity contribution in [1.82, 2.24) is 15.2 Å². The Morgan fingerprint density at radius 1 is 1.38 bits per heavy atom. The summed E-state index contributed by atoms with van der Waals surface area (Å²) in [6.07, 6.45) is 1.78. The Bertz CT molecular complexity index is 705. The molecule has 5 nitrogen and oxygen atoms in total. The summed E-state index contributed by atoms with van der Waals surface area (Å²) in [5, 5.41) is 4.04. The van der Waals surface area contributed by atoms with Gasteiger partial charge in [0.1, 0.15) is 0 Å². The summed E-state index contributed by atoms with van der Waals surface area (Å²) in [7, 11) is 1.83. The van der Waals surface area contributed by atoms with Gasteiger partial charge in [0.15, 0.2) is 11.7 Å². The van der Waals surface area contributed by atoms with Crippen molar-refractivity contribution in [2.45, 2.75) is 25.6 Å². The lowest BCUT2D eigenvalue weighted by molar-refractivity contribution is 0.377. The molecule has 1 aromatic carbocycles. The molecule has 1 fully saturated rings. The van der Waals surface area contributed by atoms with Gasteiger partial charge in [-0.2, -0.15) is 11.8 Å². The van der Waals surface area contributed by atoms with E-state index in [1.54, 1.807) is 6.20 Å². The Hall–Kier alpha value is -1.22. The Morgan fingerprint density at radius 2 is 2.15 bits per heavy atom. The van der Waals surface area contributed by atoms with Gasteiger partial charge in [-0.3, -0.25) is 4.99 Å². The largest absolute Gasteiger partial charge is 0.439 e. The summed E-state index contributed by atoms with van der Waals surface area (Å²) in [4.78, 5) is 11.2. The van der Waals surface area contributed by atoms with E-state index in [-0.39, 0.29) is 24.0 Å². The molecule has 26 heavy (non-hydrogen) atoms. The standard InChI is InChI=1S/C19H26N4OS.HI/c1-14(2)17-13-23(9-10-25-17)19(20-3)22-12-18-21-11-16(24-18)15-7-5-4-6-8-15;/h4-8,11,14,17H,9-10,12-13H2,1-3H3,(H,20,22);1H. The van der Waals surface area contributed by atoms with E-state index in [1.165, 1.54) is 0 Å². The molecule has 0 bridgehead atoms. The molecule has 1 unspecified atom stereocenters. The number of nitrogens with zero attached hydrogens (tertiary/aromatic N) is 3. The van der Waals surface area contributed by atoms with Gasteiger partial charge in [-0.05, 0) is 5.92 Å². The van der Waals surface area contributed by atoms with Crippen LogP contribution in [0.25, 0.3) is 11.3 Å². The molecule has 1 aliphatic heterocycles. The molecular formula is C19H27IN4OS. The second-order valence-corrected chi connectivity index (χ2v) is 7.83. The maximum absolute atomic E-state index is 5.86. The molecule has 3 rings (SSSR count). The zero-order valence-electron chi connectivity index (χ0n) is 15.5. The van der Waals surface area contributed by atoms with Crippen molar-refractivity contribution in [1.29, 1.82) is 0 Å². The first-order valence-corrected chi connectivity index (χ1v) is 9.79. The minimum atomic E-state index is 0. The highest BCUT2D eigenvalue weighted by Gasteiger charge is 2.25.